The van der Waals surface area contributed by atoms with E-state index in [1.165, 1.54) is 11.3 Å². The Balaban J connectivity index is 2.05. The smallest absolute Gasteiger partial charge is 0.306 e. The van der Waals surface area contributed by atoms with Crippen LogP contribution in [0.4, 0.5) is 5.69 Å². The van der Waals surface area contributed by atoms with E-state index in [9.17, 15) is 9.90 Å². The molecule has 0 saturated heterocycles. The number of carboxylic acids is 1. The van der Waals surface area contributed by atoms with E-state index in [-0.39, 0.29) is 12.0 Å². The van der Waals surface area contributed by atoms with Crippen LogP contribution in [-0.4, -0.2) is 30.8 Å². The number of carboxylic acid groups (broad SMARTS) is 1. The lowest BCUT2D eigenvalue weighted by Gasteiger charge is -2.21. The molecule has 0 spiro atoms. The SMILES string of the molecule is CC1Cc2c(ccc3c2N(C)CCC(C(=O)O)C3)O1. The van der Waals surface area contributed by atoms with E-state index in [0.717, 1.165) is 24.3 Å². The zero-order valence-corrected chi connectivity index (χ0v) is 11.3. The summed E-state index contributed by atoms with van der Waals surface area (Å²) in [6.07, 6.45) is 2.46. The van der Waals surface area contributed by atoms with Crippen LogP contribution in [0.1, 0.15) is 24.5 Å². The summed E-state index contributed by atoms with van der Waals surface area (Å²) in [5, 5.41) is 9.27. The Kier molecular flexibility index (Phi) is 2.88. The maximum absolute atomic E-state index is 11.3. The van der Waals surface area contributed by atoms with Crippen molar-refractivity contribution >= 4 is 11.7 Å². The third kappa shape index (κ3) is 2.05. The predicted octanol–water partition coefficient (Wildman–Crippen LogP) is 2.09. The topological polar surface area (TPSA) is 49.8 Å². The van der Waals surface area contributed by atoms with Crippen LogP contribution in [0.5, 0.6) is 5.75 Å². The number of fused-ring (bicyclic) bond motifs is 3. The van der Waals surface area contributed by atoms with E-state index in [1.807, 2.05) is 19.2 Å². The van der Waals surface area contributed by atoms with Gasteiger partial charge >= 0.3 is 5.97 Å². The molecule has 1 aromatic rings. The molecular weight excluding hydrogens is 242 g/mol. The highest BCUT2D eigenvalue weighted by Crippen LogP contribution is 2.41. The first-order chi connectivity index (χ1) is 9.06. The molecule has 102 valence electrons. The monoisotopic (exact) mass is 261 g/mol. The Morgan fingerprint density at radius 1 is 1.42 bits per heavy atom. The van der Waals surface area contributed by atoms with E-state index in [4.69, 9.17) is 4.74 Å². The fourth-order valence-corrected chi connectivity index (χ4v) is 3.20. The summed E-state index contributed by atoms with van der Waals surface area (Å²) in [4.78, 5) is 13.5. The average Bonchev–Trinajstić information content (AvgIpc) is 2.63. The van der Waals surface area contributed by atoms with Gasteiger partial charge in [0.2, 0.25) is 0 Å². The van der Waals surface area contributed by atoms with Crippen molar-refractivity contribution in [1.82, 2.24) is 0 Å². The lowest BCUT2D eigenvalue weighted by atomic mass is 9.95. The van der Waals surface area contributed by atoms with E-state index < -0.39 is 5.97 Å². The Morgan fingerprint density at radius 2 is 2.21 bits per heavy atom. The second-order valence-electron chi connectivity index (χ2n) is 5.63. The van der Waals surface area contributed by atoms with E-state index in [1.54, 1.807) is 0 Å². The molecule has 0 radical (unpaired) electrons. The summed E-state index contributed by atoms with van der Waals surface area (Å²) in [6, 6.07) is 4.03. The first-order valence-corrected chi connectivity index (χ1v) is 6.81. The fourth-order valence-electron chi connectivity index (χ4n) is 3.20. The molecule has 2 heterocycles. The largest absolute Gasteiger partial charge is 0.490 e. The molecule has 4 heteroatoms. The second-order valence-corrected chi connectivity index (χ2v) is 5.63. The molecule has 4 nitrogen and oxygen atoms in total. The number of carbonyl (C=O) groups is 1. The molecule has 0 amide bonds. The molecule has 1 aromatic carbocycles. The van der Waals surface area contributed by atoms with Crippen LogP contribution in [0.15, 0.2) is 12.1 Å². The number of benzene rings is 1. The molecule has 19 heavy (non-hydrogen) atoms. The maximum Gasteiger partial charge on any atom is 0.306 e. The minimum atomic E-state index is -0.689. The molecule has 0 aromatic heterocycles. The van der Waals surface area contributed by atoms with Gasteiger partial charge in [-0.05, 0) is 31.4 Å². The van der Waals surface area contributed by atoms with Gasteiger partial charge in [0.15, 0.2) is 0 Å². The van der Waals surface area contributed by atoms with E-state index in [2.05, 4.69) is 11.8 Å². The zero-order chi connectivity index (χ0) is 13.6. The van der Waals surface area contributed by atoms with Gasteiger partial charge in [-0.1, -0.05) is 6.07 Å². The molecule has 1 N–H and O–H groups in total. The highest BCUT2D eigenvalue weighted by Gasteiger charge is 2.30. The van der Waals surface area contributed by atoms with Gasteiger partial charge in [0, 0.05) is 31.3 Å². The van der Waals surface area contributed by atoms with Crippen LogP contribution in [0.25, 0.3) is 0 Å². The van der Waals surface area contributed by atoms with Gasteiger partial charge in [-0.25, -0.2) is 0 Å². The number of anilines is 1. The van der Waals surface area contributed by atoms with Crippen LogP contribution in [0.3, 0.4) is 0 Å². The lowest BCUT2D eigenvalue weighted by Crippen LogP contribution is -2.22. The first kappa shape index (κ1) is 12.3. The van der Waals surface area contributed by atoms with Gasteiger partial charge in [-0.2, -0.15) is 0 Å². The second kappa shape index (κ2) is 4.44. The molecule has 2 unspecified atom stereocenters. The lowest BCUT2D eigenvalue weighted by molar-refractivity contribution is -0.141. The van der Waals surface area contributed by atoms with E-state index in [0.29, 0.717) is 12.8 Å². The Morgan fingerprint density at radius 3 is 2.95 bits per heavy atom. The van der Waals surface area contributed by atoms with Gasteiger partial charge in [0.25, 0.3) is 0 Å². The number of ether oxygens (including phenoxy) is 1. The average molecular weight is 261 g/mol. The minimum absolute atomic E-state index is 0.216. The highest BCUT2D eigenvalue weighted by atomic mass is 16.5. The van der Waals surface area contributed by atoms with Crippen molar-refractivity contribution in [2.45, 2.75) is 32.3 Å². The van der Waals surface area contributed by atoms with Crippen LogP contribution in [-0.2, 0) is 17.6 Å². The standard InChI is InChI=1S/C15H19NO3/c1-9-7-12-13(19-9)4-3-10-8-11(15(17)18)5-6-16(2)14(10)12/h3-4,9,11H,5-8H2,1-2H3,(H,17,18). The summed E-state index contributed by atoms with van der Waals surface area (Å²) in [6.45, 7) is 2.86. The number of rotatable bonds is 1. The minimum Gasteiger partial charge on any atom is -0.490 e. The molecule has 0 aliphatic carbocycles. The molecular formula is C15H19NO3. The van der Waals surface area contributed by atoms with Crippen molar-refractivity contribution < 1.29 is 14.6 Å². The predicted molar refractivity (Wildman–Crippen MR) is 73.0 cm³/mol. The number of hydrogen-bond donors (Lipinski definition) is 1. The van der Waals surface area contributed by atoms with Gasteiger partial charge < -0.3 is 14.7 Å². The van der Waals surface area contributed by atoms with Crippen molar-refractivity contribution in [3.8, 4) is 5.75 Å². The Bertz CT molecular complexity index is 526. The van der Waals surface area contributed by atoms with Gasteiger partial charge in [-0.15, -0.1) is 0 Å². The Labute approximate surface area is 113 Å². The van der Waals surface area contributed by atoms with Gasteiger partial charge in [0.05, 0.1) is 5.92 Å². The van der Waals surface area contributed by atoms with Gasteiger partial charge in [0.1, 0.15) is 11.9 Å². The fraction of sp³-hybridized carbons (Fsp3) is 0.533. The summed E-state index contributed by atoms with van der Waals surface area (Å²) in [5.41, 5.74) is 3.59. The van der Waals surface area contributed by atoms with Crippen LogP contribution >= 0.6 is 0 Å². The summed E-state index contributed by atoms with van der Waals surface area (Å²) in [7, 11) is 2.05. The first-order valence-electron chi connectivity index (χ1n) is 6.81. The molecule has 0 saturated carbocycles. The molecule has 2 aliphatic heterocycles. The third-order valence-electron chi connectivity index (χ3n) is 4.15. The summed E-state index contributed by atoms with van der Waals surface area (Å²) in [5.74, 6) is -0.000244. The number of hydrogen-bond acceptors (Lipinski definition) is 3. The van der Waals surface area contributed by atoms with Crippen molar-refractivity contribution in [1.29, 1.82) is 0 Å². The quantitative estimate of drug-likeness (QED) is 0.841. The van der Waals surface area contributed by atoms with Crippen LogP contribution in [0, 0.1) is 5.92 Å². The van der Waals surface area contributed by atoms with Crippen LogP contribution < -0.4 is 9.64 Å². The van der Waals surface area contributed by atoms with E-state index >= 15 is 0 Å². The third-order valence-corrected chi connectivity index (χ3v) is 4.15. The molecule has 2 atom stereocenters. The van der Waals surface area contributed by atoms with Crippen molar-refractivity contribution in [3.63, 3.8) is 0 Å². The molecule has 3 rings (SSSR count). The molecule has 0 bridgehead atoms. The molecule has 2 aliphatic rings. The normalized spacial score (nSPS) is 25.3. The van der Waals surface area contributed by atoms with Crippen LogP contribution in [0.2, 0.25) is 0 Å². The van der Waals surface area contributed by atoms with Crippen molar-refractivity contribution in [2.75, 3.05) is 18.5 Å². The maximum atomic E-state index is 11.3. The van der Waals surface area contributed by atoms with Crippen molar-refractivity contribution in [2.24, 2.45) is 5.92 Å². The summed E-state index contributed by atoms with van der Waals surface area (Å²) < 4.78 is 5.79. The number of nitrogens with zero attached hydrogens (tertiary/aromatic N) is 1. The highest BCUT2D eigenvalue weighted by molar-refractivity contribution is 5.73. The molecule has 0 fully saturated rings. The number of aliphatic carboxylic acids is 1. The zero-order valence-electron chi connectivity index (χ0n) is 11.3. The Hall–Kier alpha value is -1.71. The summed E-state index contributed by atoms with van der Waals surface area (Å²) >= 11 is 0. The van der Waals surface area contributed by atoms with Crippen molar-refractivity contribution in [3.05, 3.63) is 23.3 Å². The van der Waals surface area contributed by atoms with Gasteiger partial charge in [-0.3, -0.25) is 4.79 Å².